The van der Waals surface area contributed by atoms with Crippen molar-refractivity contribution in [2.24, 2.45) is 0 Å². The molecule has 3 nitrogen and oxygen atoms in total. The SMILES string of the molecule is O=C(Nc1ccc(Cl)c(Cl)c1)OC(C(F)(F)F)C(F)(F)F. The fraction of sp³-hybridized carbons (Fsp3) is 0.300. The van der Waals surface area contributed by atoms with Gasteiger partial charge in [0.1, 0.15) is 0 Å². The van der Waals surface area contributed by atoms with Gasteiger partial charge in [0.25, 0.3) is 6.10 Å². The summed E-state index contributed by atoms with van der Waals surface area (Å²) in [5, 5.41) is 1.71. The van der Waals surface area contributed by atoms with Gasteiger partial charge in [-0.3, -0.25) is 5.32 Å². The number of hydrogen-bond acceptors (Lipinski definition) is 2. The molecule has 0 bridgehead atoms. The van der Waals surface area contributed by atoms with E-state index in [1.807, 2.05) is 0 Å². The number of benzene rings is 1. The van der Waals surface area contributed by atoms with Crippen molar-refractivity contribution in [3.8, 4) is 0 Å². The largest absolute Gasteiger partial charge is 0.434 e. The maximum Gasteiger partial charge on any atom is 0.434 e. The van der Waals surface area contributed by atoms with E-state index in [4.69, 9.17) is 23.2 Å². The molecule has 1 N–H and O–H groups in total. The van der Waals surface area contributed by atoms with Crippen molar-refractivity contribution in [1.82, 2.24) is 0 Å². The third kappa shape index (κ3) is 5.16. The molecule has 0 atom stereocenters. The Kier molecular flexibility index (Phi) is 5.21. The molecule has 118 valence electrons. The second kappa shape index (κ2) is 6.18. The van der Waals surface area contributed by atoms with E-state index in [1.165, 1.54) is 6.07 Å². The highest BCUT2D eigenvalue weighted by Gasteiger charge is 2.60. The smallest absolute Gasteiger partial charge is 0.426 e. The minimum Gasteiger partial charge on any atom is -0.426 e. The van der Waals surface area contributed by atoms with Crippen molar-refractivity contribution in [3.63, 3.8) is 0 Å². The van der Waals surface area contributed by atoms with Crippen LogP contribution in [0, 0.1) is 0 Å². The molecule has 0 heterocycles. The van der Waals surface area contributed by atoms with Crippen molar-refractivity contribution in [1.29, 1.82) is 0 Å². The van der Waals surface area contributed by atoms with Gasteiger partial charge >= 0.3 is 18.4 Å². The summed E-state index contributed by atoms with van der Waals surface area (Å²) in [4.78, 5) is 11.1. The number of halogens is 8. The monoisotopic (exact) mass is 355 g/mol. The lowest BCUT2D eigenvalue weighted by molar-refractivity contribution is -0.306. The third-order valence-corrected chi connectivity index (χ3v) is 2.72. The number of hydrogen-bond donors (Lipinski definition) is 1. The van der Waals surface area contributed by atoms with Gasteiger partial charge in [-0.05, 0) is 18.2 Å². The van der Waals surface area contributed by atoms with Crippen LogP contribution in [0.3, 0.4) is 0 Å². The molecule has 0 aromatic heterocycles. The van der Waals surface area contributed by atoms with Crippen molar-refractivity contribution in [2.45, 2.75) is 18.5 Å². The highest BCUT2D eigenvalue weighted by Crippen LogP contribution is 2.36. The Bertz CT molecular complexity index is 517. The van der Waals surface area contributed by atoms with Crippen molar-refractivity contribution in [2.75, 3.05) is 5.32 Å². The van der Waals surface area contributed by atoms with Gasteiger partial charge in [0, 0.05) is 5.69 Å². The van der Waals surface area contributed by atoms with E-state index < -0.39 is 24.5 Å². The molecule has 0 aliphatic carbocycles. The number of ether oxygens (including phenoxy) is 1. The van der Waals surface area contributed by atoms with Gasteiger partial charge in [0.2, 0.25) is 0 Å². The summed E-state index contributed by atoms with van der Waals surface area (Å²) in [5.41, 5.74) is -0.183. The zero-order valence-corrected chi connectivity index (χ0v) is 11.2. The molecular formula is C10H5Cl2F6NO2. The number of alkyl halides is 6. The summed E-state index contributed by atoms with van der Waals surface area (Å²) in [6, 6.07) is 3.33. The van der Waals surface area contributed by atoms with Crippen LogP contribution in [0.25, 0.3) is 0 Å². The van der Waals surface area contributed by atoms with Crippen LogP contribution in [0.4, 0.5) is 36.8 Å². The van der Waals surface area contributed by atoms with E-state index in [2.05, 4.69) is 4.74 Å². The number of carbonyl (C=O) groups is 1. The van der Waals surface area contributed by atoms with Crippen LogP contribution < -0.4 is 5.32 Å². The van der Waals surface area contributed by atoms with Crippen LogP contribution >= 0.6 is 23.2 Å². The first kappa shape index (κ1) is 17.7. The summed E-state index contributed by atoms with van der Waals surface area (Å²) in [7, 11) is 0. The summed E-state index contributed by atoms with van der Waals surface area (Å²) in [6.07, 6.45) is -17.7. The molecule has 0 radical (unpaired) electrons. The van der Waals surface area contributed by atoms with E-state index in [9.17, 15) is 31.1 Å². The zero-order valence-electron chi connectivity index (χ0n) is 9.65. The molecule has 0 spiro atoms. The molecule has 0 unspecified atom stereocenters. The van der Waals surface area contributed by atoms with Gasteiger partial charge in [-0.25, -0.2) is 4.79 Å². The first-order chi connectivity index (χ1) is 9.41. The lowest BCUT2D eigenvalue weighted by Crippen LogP contribution is -2.46. The number of nitrogens with one attached hydrogen (secondary N) is 1. The van der Waals surface area contributed by atoms with Gasteiger partial charge < -0.3 is 4.74 Å². The molecule has 0 fully saturated rings. The normalized spacial score (nSPS) is 12.4. The lowest BCUT2D eigenvalue weighted by atomic mass is 10.3. The number of rotatable bonds is 2. The average molecular weight is 356 g/mol. The molecule has 11 heteroatoms. The molecule has 0 aliphatic heterocycles. The van der Waals surface area contributed by atoms with E-state index in [0.717, 1.165) is 12.1 Å². The fourth-order valence-electron chi connectivity index (χ4n) is 1.15. The first-order valence-electron chi connectivity index (χ1n) is 4.97. The third-order valence-electron chi connectivity index (χ3n) is 1.99. The van der Waals surface area contributed by atoms with E-state index in [-0.39, 0.29) is 15.7 Å². The van der Waals surface area contributed by atoms with Gasteiger partial charge in [-0.2, -0.15) is 26.3 Å². The van der Waals surface area contributed by atoms with Gasteiger partial charge in [-0.15, -0.1) is 0 Å². The quantitative estimate of drug-likeness (QED) is 0.755. The Morgan fingerprint density at radius 1 is 1.05 bits per heavy atom. The van der Waals surface area contributed by atoms with Crippen LogP contribution in [0.2, 0.25) is 10.0 Å². The number of amides is 1. The Labute approximate surface area is 123 Å². The Morgan fingerprint density at radius 2 is 1.57 bits per heavy atom. The summed E-state index contributed by atoms with van der Waals surface area (Å²) in [6.45, 7) is 0. The highest BCUT2D eigenvalue weighted by molar-refractivity contribution is 6.42. The number of carbonyl (C=O) groups excluding carboxylic acids is 1. The molecule has 0 aliphatic rings. The molecular weight excluding hydrogens is 351 g/mol. The Balaban J connectivity index is 2.81. The summed E-state index contributed by atoms with van der Waals surface area (Å²) < 4.78 is 76.4. The van der Waals surface area contributed by atoms with E-state index in [1.54, 1.807) is 5.32 Å². The highest BCUT2D eigenvalue weighted by atomic mass is 35.5. The van der Waals surface area contributed by atoms with Crippen LogP contribution in [0.1, 0.15) is 0 Å². The van der Waals surface area contributed by atoms with Crippen LogP contribution in [-0.4, -0.2) is 24.5 Å². The van der Waals surface area contributed by atoms with Crippen molar-refractivity contribution in [3.05, 3.63) is 28.2 Å². The summed E-state index contributed by atoms with van der Waals surface area (Å²) >= 11 is 11.1. The molecule has 1 amide bonds. The molecule has 21 heavy (non-hydrogen) atoms. The number of anilines is 1. The van der Waals surface area contributed by atoms with Gasteiger partial charge in [0.15, 0.2) is 0 Å². The summed E-state index contributed by atoms with van der Waals surface area (Å²) in [5.74, 6) is 0. The Hall–Kier alpha value is -1.35. The Morgan fingerprint density at radius 3 is 2.00 bits per heavy atom. The standard InChI is InChI=1S/C10H5Cl2F6NO2/c11-5-2-1-4(3-6(5)12)19-8(20)21-7(9(13,14)15)10(16,17)18/h1-3,7H,(H,19,20). The molecule has 0 saturated carbocycles. The first-order valence-corrected chi connectivity index (χ1v) is 5.73. The predicted molar refractivity (Wildman–Crippen MR) is 62.5 cm³/mol. The predicted octanol–water partition coefficient (Wildman–Crippen LogP) is 5.04. The van der Waals surface area contributed by atoms with Crippen LogP contribution in [-0.2, 0) is 4.74 Å². The maximum absolute atomic E-state index is 12.2. The van der Waals surface area contributed by atoms with Crippen LogP contribution in [0.5, 0.6) is 0 Å². The van der Waals surface area contributed by atoms with Crippen molar-refractivity contribution < 1.29 is 35.9 Å². The molecule has 0 saturated heterocycles. The topological polar surface area (TPSA) is 38.3 Å². The van der Waals surface area contributed by atoms with Crippen molar-refractivity contribution >= 4 is 35.0 Å². The fourth-order valence-corrected chi connectivity index (χ4v) is 1.45. The van der Waals surface area contributed by atoms with Crippen LogP contribution in [0.15, 0.2) is 18.2 Å². The van der Waals surface area contributed by atoms with E-state index >= 15 is 0 Å². The van der Waals surface area contributed by atoms with Gasteiger partial charge in [-0.1, -0.05) is 23.2 Å². The minimum absolute atomic E-state index is 0.0577. The lowest BCUT2D eigenvalue weighted by Gasteiger charge is -2.22. The molecule has 1 aromatic carbocycles. The van der Waals surface area contributed by atoms with E-state index in [0.29, 0.717) is 0 Å². The second-order valence-electron chi connectivity index (χ2n) is 3.62. The van der Waals surface area contributed by atoms with Gasteiger partial charge in [0.05, 0.1) is 10.0 Å². The molecule has 1 aromatic rings. The molecule has 1 rings (SSSR count). The zero-order chi connectivity index (χ0) is 16.4. The maximum atomic E-state index is 12.2. The minimum atomic E-state index is -5.78. The average Bonchev–Trinajstić information content (AvgIpc) is 2.28. The second-order valence-corrected chi connectivity index (χ2v) is 4.44.